The van der Waals surface area contributed by atoms with Gasteiger partial charge in [-0.2, -0.15) is 0 Å². The number of halogens is 1. The van der Waals surface area contributed by atoms with Gasteiger partial charge >= 0.3 is 0 Å². The number of rotatable bonds is 7. The number of hydrogen-bond acceptors (Lipinski definition) is 4. The summed E-state index contributed by atoms with van der Waals surface area (Å²) in [5, 5.41) is 11.6. The number of hydrogen-bond donors (Lipinski definition) is 1. The third-order valence-electron chi connectivity index (χ3n) is 2.85. The SMILES string of the molecule is C=CCN(CCO)Cc1csc(-c2ccccc2F)n1. The van der Waals surface area contributed by atoms with Gasteiger partial charge in [0.1, 0.15) is 10.8 Å². The Kier molecular flexibility index (Phi) is 5.40. The van der Waals surface area contributed by atoms with Gasteiger partial charge in [-0.1, -0.05) is 18.2 Å². The molecule has 1 aromatic carbocycles. The van der Waals surface area contributed by atoms with Crippen LogP contribution in [0.25, 0.3) is 10.6 Å². The minimum absolute atomic E-state index is 0.0954. The summed E-state index contributed by atoms with van der Waals surface area (Å²) in [5.74, 6) is -0.258. The highest BCUT2D eigenvalue weighted by atomic mass is 32.1. The number of aliphatic hydroxyl groups is 1. The molecule has 0 amide bonds. The van der Waals surface area contributed by atoms with Gasteiger partial charge in [0.25, 0.3) is 0 Å². The predicted molar refractivity (Wildman–Crippen MR) is 80.1 cm³/mol. The van der Waals surface area contributed by atoms with Gasteiger partial charge in [-0.25, -0.2) is 9.37 Å². The topological polar surface area (TPSA) is 36.4 Å². The predicted octanol–water partition coefficient (Wildman–Crippen LogP) is 2.93. The third kappa shape index (κ3) is 3.72. The molecule has 1 aromatic heterocycles. The molecule has 0 radical (unpaired) electrons. The summed E-state index contributed by atoms with van der Waals surface area (Å²) in [6.45, 7) is 5.67. The molecule has 0 aliphatic carbocycles. The lowest BCUT2D eigenvalue weighted by Crippen LogP contribution is -2.26. The van der Waals surface area contributed by atoms with Gasteiger partial charge in [0.05, 0.1) is 12.3 Å². The Balaban J connectivity index is 2.12. The first-order chi connectivity index (χ1) is 9.74. The molecule has 1 heterocycles. The van der Waals surface area contributed by atoms with E-state index in [0.29, 0.717) is 30.2 Å². The van der Waals surface area contributed by atoms with E-state index >= 15 is 0 Å². The number of aromatic nitrogens is 1. The summed E-state index contributed by atoms with van der Waals surface area (Å²) >= 11 is 1.43. The average molecular weight is 292 g/mol. The third-order valence-corrected chi connectivity index (χ3v) is 3.77. The summed E-state index contributed by atoms with van der Waals surface area (Å²) in [6.07, 6.45) is 1.79. The first-order valence-corrected chi connectivity index (χ1v) is 7.26. The molecule has 106 valence electrons. The van der Waals surface area contributed by atoms with Crippen molar-refractivity contribution in [1.29, 1.82) is 0 Å². The summed E-state index contributed by atoms with van der Waals surface area (Å²) in [5.41, 5.74) is 1.41. The molecule has 3 nitrogen and oxygen atoms in total. The van der Waals surface area contributed by atoms with E-state index < -0.39 is 0 Å². The second-order valence-electron chi connectivity index (χ2n) is 4.37. The van der Waals surface area contributed by atoms with Gasteiger partial charge in [-0.05, 0) is 12.1 Å². The zero-order chi connectivity index (χ0) is 14.4. The van der Waals surface area contributed by atoms with Gasteiger partial charge in [0.2, 0.25) is 0 Å². The van der Waals surface area contributed by atoms with Crippen LogP contribution in [0.15, 0.2) is 42.3 Å². The minimum Gasteiger partial charge on any atom is -0.395 e. The van der Waals surface area contributed by atoms with Gasteiger partial charge in [-0.15, -0.1) is 17.9 Å². The largest absolute Gasteiger partial charge is 0.395 e. The lowest BCUT2D eigenvalue weighted by atomic mass is 10.2. The summed E-state index contributed by atoms with van der Waals surface area (Å²) < 4.78 is 13.7. The Hall–Kier alpha value is -1.56. The molecule has 0 atom stereocenters. The average Bonchev–Trinajstić information content (AvgIpc) is 2.88. The molecule has 20 heavy (non-hydrogen) atoms. The van der Waals surface area contributed by atoms with E-state index in [4.69, 9.17) is 5.11 Å². The zero-order valence-corrected chi connectivity index (χ0v) is 11.9. The Morgan fingerprint density at radius 1 is 1.40 bits per heavy atom. The Morgan fingerprint density at radius 2 is 2.20 bits per heavy atom. The quantitative estimate of drug-likeness (QED) is 0.797. The number of nitrogens with zero attached hydrogens (tertiary/aromatic N) is 2. The molecule has 0 saturated heterocycles. The molecule has 0 aliphatic rings. The van der Waals surface area contributed by atoms with E-state index in [-0.39, 0.29) is 12.4 Å². The highest BCUT2D eigenvalue weighted by Crippen LogP contribution is 2.26. The number of thiazole rings is 1. The standard InChI is InChI=1S/C15H17FN2OS/c1-2-7-18(8-9-19)10-12-11-20-15(17-12)13-5-3-4-6-14(13)16/h2-6,11,19H,1,7-10H2. The van der Waals surface area contributed by atoms with Crippen molar-refractivity contribution in [3.63, 3.8) is 0 Å². The van der Waals surface area contributed by atoms with Crippen molar-refractivity contribution in [1.82, 2.24) is 9.88 Å². The van der Waals surface area contributed by atoms with Crippen LogP contribution in [-0.4, -0.2) is 34.7 Å². The monoisotopic (exact) mass is 292 g/mol. The summed E-state index contributed by atoms with van der Waals surface area (Å²) in [4.78, 5) is 6.50. The van der Waals surface area contributed by atoms with Crippen LogP contribution in [0.4, 0.5) is 4.39 Å². The van der Waals surface area contributed by atoms with E-state index in [9.17, 15) is 4.39 Å². The van der Waals surface area contributed by atoms with E-state index in [2.05, 4.69) is 11.6 Å². The molecular formula is C15H17FN2OS. The fourth-order valence-electron chi connectivity index (χ4n) is 1.93. The maximum absolute atomic E-state index is 13.7. The normalized spacial score (nSPS) is 10.9. The molecule has 2 aromatic rings. The van der Waals surface area contributed by atoms with E-state index in [1.165, 1.54) is 17.4 Å². The summed E-state index contributed by atoms with van der Waals surface area (Å²) in [6, 6.07) is 6.63. The van der Waals surface area contributed by atoms with E-state index in [1.54, 1.807) is 24.3 Å². The van der Waals surface area contributed by atoms with Gasteiger partial charge in [0.15, 0.2) is 0 Å². The van der Waals surface area contributed by atoms with Crippen LogP contribution in [-0.2, 0) is 6.54 Å². The maximum Gasteiger partial charge on any atom is 0.133 e. The molecule has 2 rings (SSSR count). The van der Waals surface area contributed by atoms with Crippen LogP contribution in [0.3, 0.4) is 0 Å². The zero-order valence-electron chi connectivity index (χ0n) is 11.1. The molecule has 0 saturated carbocycles. The Morgan fingerprint density at radius 3 is 2.90 bits per heavy atom. The first kappa shape index (κ1) is 14.8. The second kappa shape index (κ2) is 7.28. The second-order valence-corrected chi connectivity index (χ2v) is 5.23. The van der Waals surface area contributed by atoms with E-state index in [0.717, 1.165) is 5.69 Å². The van der Waals surface area contributed by atoms with Crippen LogP contribution in [0, 0.1) is 5.82 Å². The van der Waals surface area contributed by atoms with Gasteiger partial charge in [0, 0.05) is 30.6 Å². The van der Waals surface area contributed by atoms with Crippen molar-refractivity contribution >= 4 is 11.3 Å². The molecule has 0 bridgehead atoms. The maximum atomic E-state index is 13.7. The molecule has 5 heteroatoms. The lowest BCUT2D eigenvalue weighted by Gasteiger charge is -2.17. The van der Waals surface area contributed by atoms with Crippen molar-refractivity contribution in [2.45, 2.75) is 6.54 Å². The van der Waals surface area contributed by atoms with Crippen molar-refractivity contribution < 1.29 is 9.50 Å². The fourth-order valence-corrected chi connectivity index (χ4v) is 2.76. The molecule has 0 aliphatic heterocycles. The van der Waals surface area contributed by atoms with Crippen LogP contribution in [0.1, 0.15) is 5.69 Å². The fraction of sp³-hybridized carbons (Fsp3) is 0.267. The Labute approximate surface area is 122 Å². The van der Waals surface area contributed by atoms with Crippen LogP contribution in [0.2, 0.25) is 0 Å². The van der Waals surface area contributed by atoms with Gasteiger partial charge in [-0.3, -0.25) is 4.90 Å². The number of benzene rings is 1. The minimum atomic E-state index is -0.258. The van der Waals surface area contributed by atoms with Crippen molar-refractivity contribution in [3.8, 4) is 10.6 Å². The van der Waals surface area contributed by atoms with Crippen molar-refractivity contribution in [3.05, 3.63) is 53.8 Å². The summed E-state index contributed by atoms with van der Waals surface area (Å²) in [7, 11) is 0. The van der Waals surface area contributed by atoms with Crippen LogP contribution in [0.5, 0.6) is 0 Å². The molecular weight excluding hydrogens is 275 g/mol. The lowest BCUT2D eigenvalue weighted by molar-refractivity contribution is 0.202. The number of aliphatic hydroxyl groups excluding tert-OH is 1. The highest BCUT2D eigenvalue weighted by Gasteiger charge is 2.11. The van der Waals surface area contributed by atoms with Crippen LogP contribution >= 0.6 is 11.3 Å². The van der Waals surface area contributed by atoms with Crippen molar-refractivity contribution in [2.24, 2.45) is 0 Å². The van der Waals surface area contributed by atoms with E-state index in [1.807, 2.05) is 10.3 Å². The smallest absolute Gasteiger partial charge is 0.133 e. The van der Waals surface area contributed by atoms with Crippen molar-refractivity contribution in [2.75, 3.05) is 19.7 Å². The molecule has 1 N–H and O–H groups in total. The van der Waals surface area contributed by atoms with Crippen LogP contribution < -0.4 is 0 Å². The molecule has 0 fully saturated rings. The first-order valence-electron chi connectivity index (χ1n) is 6.38. The van der Waals surface area contributed by atoms with Gasteiger partial charge < -0.3 is 5.11 Å². The molecule has 0 unspecified atom stereocenters. The molecule has 0 spiro atoms. The highest BCUT2D eigenvalue weighted by molar-refractivity contribution is 7.13. The Bertz CT molecular complexity index is 571.